The summed E-state index contributed by atoms with van der Waals surface area (Å²) >= 11 is 0. The summed E-state index contributed by atoms with van der Waals surface area (Å²) in [5, 5.41) is 23.6. The van der Waals surface area contributed by atoms with Crippen molar-refractivity contribution in [3.8, 4) is 0 Å². The third-order valence-corrected chi connectivity index (χ3v) is 10.9. The van der Waals surface area contributed by atoms with Crippen LogP contribution < -0.4 is 0 Å². The van der Waals surface area contributed by atoms with Gasteiger partial charge in [0.15, 0.2) is 22.8 Å². The Balaban J connectivity index is 1.58. The van der Waals surface area contributed by atoms with Gasteiger partial charge in [-0.15, -0.1) is 0 Å². The highest BCUT2D eigenvalue weighted by Crippen LogP contribution is 2.72. The molecule has 0 aromatic carbocycles. The average molecular weight is 522 g/mol. The van der Waals surface area contributed by atoms with Gasteiger partial charge in [-0.3, -0.25) is 14.4 Å². The number of alkyl halides is 2. The van der Waals surface area contributed by atoms with Gasteiger partial charge in [-0.25, -0.2) is 8.78 Å². The first-order valence-corrected chi connectivity index (χ1v) is 14.0. The van der Waals surface area contributed by atoms with Gasteiger partial charge in [-0.05, 0) is 62.7 Å². The van der Waals surface area contributed by atoms with Crippen molar-refractivity contribution in [1.29, 1.82) is 0 Å². The summed E-state index contributed by atoms with van der Waals surface area (Å²) in [5.74, 6) is -2.42. The number of Topliss-reactive ketones (excluding diaryl/α,β-unsaturated/α-hetero) is 1. The molecule has 3 saturated carbocycles. The van der Waals surface area contributed by atoms with Crippen LogP contribution in [0.3, 0.4) is 0 Å². The van der Waals surface area contributed by atoms with Crippen LogP contribution in [0.4, 0.5) is 8.78 Å². The lowest BCUT2D eigenvalue weighted by Crippen LogP contribution is -2.70. The third kappa shape index (κ3) is 3.34. The number of aliphatic hydroxyl groups excluding tert-OH is 2. The van der Waals surface area contributed by atoms with E-state index in [0.717, 1.165) is 25.7 Å². The summed E-state index contributed by atoms with van der Waals surface area (Å²) < 4.78 is 33.1. The minimum Gasteiger partial charge on any atom is -0.390 e. The van der Waals surface area contributed by atoms with Gasteiger partial charge in [0.05, 0.1) is 6.10 Å². The van der Waals surface area contributed by atoms with Crippen LogP contribution in [0.5, 0.6) is 0 Å². The van der Waals surface area contributed by atoms with Gasteiger partial charge < -0.3 is 10.2 Å². The van der Waals surface area contributed by atoms with E-state index in [-0.39, 0.29) is 36.2 Å². The second kappa shape index (κ2) is 9.04. The van der Waals surface area contributed by atoms with E-state index < -0.39 is 58.6 Å². The van der Waals surface area contributed by atoms with Crippen LogP contribution in [0, 0.1) is 28.6 Å². The van der Waals surface area contributed by atoms with Crippen LogP contribution >= 0.6 is 0 Å². The Bertz CT molecular complexity index is 1030. The molecule has 0 amide bonds. The Morgan fingerprint density at radius 3 is 2.51 bits per heavy atom. The summed E-state index contributed by atoms with van der Waals surface area (Å²) in [5.41, 5.74) is -5.95. The lowest BCUT2D eigenvalue weighted by Gasteiger charge is -2.63. The summed E-state index contributed by atoms with van der Waals surface area (Å²) in [7, 11) is 0. The highest BCUT2D eigenvalue weighted by molar-refractivity contribution is 6.01. The maximum atomic E-state index is 17.4. The van der Waals surface area contributed by atoms with Gasteiger partial charge >= 0.3 is 0 Å². The highest BCUT2D eigenvalue weighted by Gasteiger charge is 2.79. The van der Waals surface area contributed by atoms with Crippen molar-refractivity contribution in [1.82, 2.24) is 5.06 Å². The van der Waals surface area contributed by atoms with E-state index in [1.54, 1.807) is 6.92 Å². The van der Waals surface area contributed by atoms with Crippen LogP contribution in [-0.2, 0) is 14.4 Å². The molecule has 6 nitrogen and oxygen atoms in total. The zero-order valence-corrected chi connectivity index (χ0v) is 22.4. The molecule has 5 aliphatic rings. The van der Waals surface area contributed by atoms with Gasteiger partial charge in [0.2, 0.25) is 0 Å². The first-order valence-electron chi connectivity index (χ1n) is 14.0. The minimum atomic E-state index is -2.20. The fourth-order valence-electron chi connectivity index (χ4n) is 9.21. The highest BCUT2D eigenvalue weighted by atomic mass is 19.1. The Hall–Kier alpha value is -1.48. The third-order valence-electron chi connectivity index (χ3n) is 10.9. The SMILES string of the molecule is CCCC(CCC)N1C[C@@H]2C[C@H]3[C@@H]4C[C@H](F)C5=CC(=O)C=C[C@]5(C)[C@@]4(F)[C@@H](O)C[C@]3(C)[C@]2(C(=O)CO)O1. The van der Waals surface area contributed by atoms with E-state index in [4.69, 9.17) is 4.84 Å². The number of allylic oxidation sites excluding steroid dienone is 4. The Morgan fingerprint density at radius 2 is 1.89 bits per heavy atom. The molecule has 4 aliphatic carbocycles. The number of fused-ring (bicyclic) bond motifs is 7. The lowest BCUT2D eigenvalue weighted by atomic mass is 9.44. The number of aliphatic hydroxyl groups is 2. The fraction of sp³-hybridized carbons (Fsp3) is 0.793. The Labute approximate surface area is 218 Å². The molecule has 0 bridgehead atoms. The molecule has 1 aliphatic heterocycles. The van der Waals surface area contributed by atoms with Crippen LogP contribution in [0.25, 0.3) is 0 Å². The quantitative estimate of drug-likeness (QED) is 0.526. The van der Waals surface area contributed by atoms with E-state index in [0.29, 0.717) is 13.0 Å². The van der Waals surface area contributed by atoms with Crippen LogP contribution in [0.2, 0.25) is 0 Å². The van der Waals surface area contributed by atoms with E-state index in [1.165, 1.54) is 18.2 Å². The fourth-order valence-corrected chi connectivity index (χ4v) is 9.21. The predicted molar refractivity (Wildman–Crippen MR) is 134 cm³/mol. The van der Waals surface area contributed by atoms with Crippen LogP contribution in [-0.4, -0.2) is 69.6 Å². The monoisotopic (exact) mass is 521 g/mol. The number of ketones is 2. The topological polar surface area (TPSA) is 87.1 Å². The lowest BCUT2D eigenvalue weighted by molar-refractivity contribution is -0.276. The molecule has 206 valence electrons. The van der Waals surface area contributed by atoms with Gasteiger partial charge in [-0.1, -0.05) is 39.7 Å². The van der Waals surface area contributed by atoms with Crippen molar-refractivity contribution in [3.63, 3.8) is 0 Å². The smallest absolute Gasteiger partial charge is 0.192 e. The molecule has 4 fully saturated rings. The summed E-state index contributed by atoms with van der Waals surface area (Å²) in [6.45, 7) is 7.44. The maximum Gasteiger partial charge on any atom is 0.192 e. The molecule has 37 heavy (non-hydrogen) atoms. The molecule has 0 unspecified atom stereocenters. The molecule has 5 rings (SSSR count). The molecule has 0 aromatic rings. The van der Waals surface area contributed by atoms with E-state index in [1.807, 2.05) is 12.0 Å². The molecule has 1 heterocycles. The molecule has 1 saturated heterocycles. The molecule has 2 N–H and O–H groups in total. The van der Waals surface area contributed by atoms with Crippen molar-refractivity contribution in [3.05, 3.63) is 23.8 Å². The summed E-state index contributed by atoms with van der Waals surface area (Å²) in [4.78, 5) is 32.3. The van der Waals surface area contributed by atoms with Gasteiger partial charge in [0.1, 0.15) is 12.8 Å². The van der Waals surface area contributed by atoms with Crippen molar-refractivity contribution >= 4 is 11.6 Å². The molecule has 0 aromatic heterocycles. The number of hydrogen-bond acceptors (Lipinski definition) is 6. The standard InChI is InChI=1S/C29H41F2NO5/c1-5-7-18(8-6-2)32-15-17-11-20-21-13-23(30)22-12-19(34)9-10-26(22,3)28(21,31)24(35)14-27(20,4)29(17,37-32)25(36)16-33/h9-10,12,17-18,20-21,23-24,33,35H,5-8,11,13-16H2,1-4H3/t17-,20-,21-,23-,24-,26-,27-,28-,29-/m0/s1. The molecule has 9 atom stereocenters. The number of carbonyl (C=O) groups is 2. The van der Waals surface area contributed by atoms with Gasteiger partial charge in [0, 0.05) is 35.3 Å². The van der Waals surface area contributed by atoms with Crippen molar-refractivity contribution in [2.24, 2.45) is 28.6 Å². The zero-order valence-electron chi connectivity index (χ0n) is 22.4. The van der Waals surface area contributed by atoms with Crippen molar-refractivity contribution in [2.45, 2.75) is 102 Å². The number of rotatable bonds is 7. The number of nitrogens with zero attached hydrogens (tertiary/aromatic N) is 1. The van der Waals surface area contributed by atoms with E-state index in [2.05, 4.69) is 13.8 Å². The van der Waals surface area contributed by atoms with Crippen LogP contribution in [0.15, 0.2) is 23.8 Å². The maximum absolute atomic E-state index is 17.4. The number of carbonyl (C=O) groups excluding carboxylic acids is 2. The zero-order chi connectivity index (χ0) is 27.0. The first-order chi connectivity index (χ1) is 17.4. The molecule has 0 radical (unpaired) electrons. The average Bonchev–Trinajstić information content (AvgIpc) is 3.35. The second-order valence-corrected chi connectivity index (χ2v) is 12.5. The van der Waals surface area contributed by atoms with Crippen LogP contribution in [0.1, 0.15) is 72.6 Å². The Kier molecular flexibility index (Phi) is 6.62. The number of halogens is 2. The normalized spacial score (nSPS) is 46.9. The minimum absolute atomic E-state index is 0.0470. The van der Waals surface area contributed by atoms with Crippen molar-refractivity contribution in [2.75, 3.05) is 13.2 Å². The second-order valence-electron chi connectivity index (χ2n) is 12.5. The first kappa shape index (κ1) is 27.1. The molecular weight excluding hydrogens is 480 g/mol. The van der Waals surface area contributed by atoms with E-state index in [9.17, 15) is 19.8 Å². The van der Waals surface area contributed by atoms with Gasteiger partial charge in [-0.2, -0.15) is 5.06 Å². The number of hydroxylamine groups is 2. The van der Waals surface area contributed by atoms with E-state index >= 15 is 8.78 Å². The summed E-state index contributed by atoms with van der Waals surface area (Å²) in [6.07, 6.45) is 4.84. The van der Waals surface area contributed by atoms with Gasteiger partial charge in [0.25, 0.3) is 0 Å². The largest absolute Gasteiger partial charge is 0.390 e. The predicted octanol–water partition coefficient (Wildman–Crippen LogP) is 4.05. The van der Waals surface area contributed by atoms with Crippen molar-refractivity contribution < 1.29 is 33.4 Å². The molecular formula is C29H41F2NO5. The molecule has 8 heteroatoms. The number of hydrogen-bond donors (Lipinski definition) is 2. The Morgan fingerprint density at radius 1 is 1.22 bits per heavy atom. The summed E-state index contributed by atoms with van der Waals surface area (Å²) in [6, 6.07) is 0.126. The molecule has 0 spiro atoms.